The number of anilines is 1. The van der Waals surface area contributed by atoms with Crippen molar-refractivity contribution in [2.24, 2.45) is 5.41 Å². The van der Waals surface area contributed by atoms with Crippen molar-refractivity contribution in [1.29, 1.82) is 0 Å². The van der Waals surface area contributed by atoms with Crippen molar-refractivity contribution in [3.05, 3.63) is 53.6 Å². The Bertz CT molecular complexity index is 1140. The third-order valence-electron chi connectivity index (χ3n) is 7.86. The number of carbonyl (C=O) groups is 3. The Balaban J connectivity index is 1.07. The summed E-state index contributed by atoms with van der Waals surface area (Å²) in [6.07, 6.45) is 8.38. The molecule has 0 aliphatic carbocycles. The molecular weight excluding hydrogens is 432 g/mol. The molecule has 3 fully saturated rings. The molecule has 0 bridgehead atoms. The normalized spacial score (nSPS) is 24.2. The van der Waals surface area contributed by atoms with Gasteiger partial charge < -0.3 is 9.80 Å². The van der Waals surface area contributed by atoms with E-state index in [1.54, 1.807) is 11.2 Å². The zero-order chi connectivity index (χ0) is 23.3. The van der Waals surface area contributed by atoms with Gasteiger partial charge in [-0.1, -0.05) is 0 Å². The van der Waals surface area contributed by atoms with Gasteiger partial charge in [0.1, 0.15) is 12.4 Å². The van der Waals surface area contributed by atoms with Gasteiger partial charge in [0.2, 0.25) is 11.8 Å². The molecule has 0 radical (unpaired) electrons. The molecule has 3 saturated heterocycles. The van der Waals surface area contributed by atoms with Gasteiger partial charge in [0.05, 0.1) is 0 Å². The first kappa shape index (κ1) is 21.2. The number of amides is 3. The van der Waals surface area contributed by atoms with Gasteiger partial charge in [-0.25, -0.2) is 9.97 Å². The van der Waals surface area contributed by atoms with Gasteiger partial charge in [-0.2, -0.15) is 0 Å². The molecule has 9 nitrogen and oxygen atoms in total. The van der Waals surface area contributed by atoms with Crippen LogP contribution in [0, 0.1) is 5.41 Å². The molecular formula is C25H28N6O3. The van der Waals surface area contributed by atoms with Crippen LogP contribution in [0.3, 0.4) is 0 Å². The van der Waals surface area contributed by atoms with E-state index in [2.05, 4.69) is 31.2 Å². The molecule has 4 aliphatic rings. The number of hydrogen-bond donors (Lipinski definition) is 1. The van der Waals surface area contributed by atoms with Crippen molar-refractivity contribution in [2.75, 3.05) is 31.1 Å². The molecule has 4 aliphatic heterocycles. The minimum Gasteiger partial charge on any atom is -0.370 e. The summed E-state index contributed by atoms with van der Waals surface area (Å²) >= 11 is 0. The van der Waals surface area contributed by atoms with E-state index in [0.717, 1.165) is 49.5 Å². The van der Waals surface area contributed by atoms with Crippen molar-refractivity contribution in [3.63, 3.8) is 0 Å². The Kier molecular flexibility index (Phi) is 5.09. The van der Waals surface area contributed by atoms with Crippen molar-refractivity contribution >= 4 is 23.4 Å². The third-order valence-corrected chi connectivity index (χ3v) is 7.86. The molecule has 1 aromatic heterocycles. The third kappa shape index (κ3) is 3.73. The van der Waals surface area contributed by atoms with Crippen molar-refractivity contribution in [1.82, 2.24) is 25.1 Å². The molecule has 3 amide bonds. The van der Waals surface area contributed by atoms with E-state index < -0.39 is 6.04 Å². The van der Waals surface area contributed by atoms with Crippen LogP contribution in [0.1, 0.15) is 47.2 Å². The zero-order valence-corrected chi connectivity index (χ0v) is 19.1. The predicted molar refractivity (Wildman–Crippen MR) is 124 cm³/mol. The number of fused-ring (bicyclic) bond motifs is 1. The highest BCUT2D eigenvalue weighted by Crippen LogP contribution is 2.43. The smallest absolute Gasteiger partial charge is 0.255 e. The Morgan fingerprint density at radius 3 is 2.56 bits per heavy atom. The van der Waals surface area contributed by atoms with E-state index in [-0.39, 0.29) is 24.1 Å². The fourth-order valence-corrected chi connectivity index (χ4v) is 5.88. The molecule has 5 heterocycles. The molecule has 2 aromatic rings. The summed E-state index contributed by atoms with van der Waals surface area (Å²) < 4.78 is 0. The van der Waals surface area contributed by atoms with Gasteiger partial charge in [0, 0.05) is 67.2 Å². The van der Waals surface area contributed by atoms with Gasteiger partial charge in [-0.15, -0.1) is 0 Å². The number of piperidine rings is 2. The monoisotopic (exact) mass is 460 g/mol. The second-order valence-corrected chi connectivity index (χ2v) is 10.1. The lowest BCUT2D eigenvalue weighted by Gasteiger charge is -2.55. The maximum Gasteiger partial charge on any atom is 0.255 e. The molecule has 9 heteroatoms. The molecule has 6 rings (SSSR count). The lowest BCUT2D eigenvalue weighted by molar-refractivity contribution is -0.136. The van der Waals surface area contributed by atoms with E-state index in [0.29, 0.717) is 23.9 Å². The van der Waals surface area contributed by atoms with E-state index in [1.807, 2.05) is 24.5 Å². The van der Waals surface area contributed by atoms with Gasteiger partial charge >= 0.3 is 0 Å². The zero-order valence-electron chi connectivity index (χ0n) is 19.1. The number of nitrogens with zero attached hydrogens (tertiary/aromatic N) is 5. The van der Waals surface area contributed by atoms with Gasteiger partial charge in [0.25, 0.3) is 5.91 Å². The highest BCUT2D eigenvalue weighted by Gasteiger charge is 2.45. The number of hydrogen-bond acceptors (Lipinski definition) is 7. The quantitative estimate of drug-likeness (QED) is 0.688. The number of rotatable bonds is 4. The molecule has 1 aromatic carbocycles. The minimum absolute atomic E-state index is 0.118. The van der Waals surface area contributed by atoms with Crippen LogP contribution in [0.2, 0.25) is 0 Å². The first-order valence-corrected chi connectivity index (χ1v) is 12.0. The summed E-state index contributed by atoms with van der Waals surface area (Å²) in [4.78, 5) is 51.4. The van der Waals surface area contributed by atoms with Gasteiger partial charge in [-0.3, -0.25) is 24.6 Å². The molecule has 1 N–H and O–H groups in total. The average Bonchev–Trinajstić information content (AvgIpc) is 3.14. The van der Waals surface area contributed by atoms with Crippen LogP contribution < -0.4 is 10.2 Å². The van der Waals surface area contributed by atoms with Crippen LogP contribution in [0.15, 0.2) is 36.9 Å². The van der Waals surface area contributed by atoms with E-state index in [9.17, 15) is 14.4 Å². The van der Waals surface area contributed by atoms with Crippen LogP contribution >= 0.6 is 0 Å². The summed E-state index contributed by atoms with van der Waals surface area (Å²) in [5.41, 5.74) is 4.31. The summed E-state index contributed by atoms with van der Waals surface area (Å²) in [6.45, 7) is 5.58. The van der Waals surface area contributed by atoms with Crippen molar-refractivity contribution in [3.8, 4) is 0 Å². The molecule has 1 atom stereocenters. The summed E-state index contributed by atoms with van der Waals surface area (Å²) in [6, 6.07) is 5.47. The largest absolute Gasteiger partial charge is 0.370 e. The summed E-state index contributed by atoms with van der Waals surface area (Å²) in [5.74, 6) is -0.750. The molecule has 0 saturated carbocycles. The fourth-order valence-electron chi connectivity index (χ4n) is 5.88. The predicted octanol–water partition coefficient (Wildman–Crippen LogP) is 1.34. The van der Waals surface area contributed by atoms with Crippen LogP contribution in [-0.2, 0) is 22.7 Å². The maximum atomic E-state index is 12.9. The second-order valence-electron chi connectivity index (χ2n) is 10.1. The number of nitrogens with one attached hydrogen (secondary N) is 1. The molecule has 1 spiro atoms. The summed E-state index contributed by atoms with van der Waals surface area (Å²) in [7, 11) is 0. The van der Waals surface area contributed by atoms with Crippen LogP contribution in [0.25, 0.3) is 0 Å². The highest BCUT2D eigenvalue weighted by atomic mass is 16.2. The average molecular weight is 461 g/mol. The van der Waals surface area contributed by atoms with E-state index >= 15 is 0 Å². The maximum absolute atomic E-state index is 12.9. The second kappa shape index (κ2) is 8.16. The number of likely N-dealkylation sites (tertiary alicyclic amines) is 1. The van der Waals surface area contributed by atoms with Crippen LogP contribution in [0.4, 0.5) is 5.69 Å². The SMILES string of the molecule is O=C1CCC(N2Cc3cc(N4CC5(CCN(Cc6cncnc6)CC5)C4)ccc3C2=O)C(=O)N1. The van der Waals surface area contributed by atoms with Crippen molar-refractivity contribution in [2.45, 2.75) is 44.8 Å². The molecule has 1 unspecified atom stereocenters. The first-order chi connectivity index (χ1) is 16.5. The van der Waals surface area contributed by atoms with Crippen LogP contribution in [0.5, 0.6) is 0 Å². The Morgan fingerprint density at radius 2 is 1.82 bits per heavy atom. The topological polar surface area (TPSA) is 98.7 Å². The Hall–Kier alpha value is -3.33. The summed E-state index contributed by atoms with van der Waals surface area (Å²) in [5, 5.41) is 2.36. The van der Waals surface area contributed by atoms with Crippen LogP contribution in [-0.4, -0.2) is 69.7 Å². The lowest BCUT2D eigenvalue weighted by atomic mass is 9.71. The molecule has 176 valence electrons. The van der Waals surface area contributed by atoms with Crippen molar-refractivity contribution < 1.29 is 14.4 Å². The molecule has 34 heavy (non-hydrogen) atoms. The van der Waals surface area contributed by atoms with E-state index in [4.69, 9.17) is 0 Å². The number of imide groups is 1. The number of carbonyl (C=O) groups excluding carboxylic acids is 3. The van der Waals surface area contributed by atoms with Gasteiger partial charge in [0.15, 0.2) is 0 Å². The Morgan fingerprint density at radius 1 is 1.06 bits per heavy atom. The standard InChI is InChI=1S/C25H28N6O3/c32-22-4-3-21(23(33)28-22)31-13-18-9-19(1-2-20(18)24(31)34)30-14-25(15-30)5-7-29(8-6-25)12-17-10-26-16-27-11-17/h1-2,9-11,16,21H,3-8,12-15H2,(H,28,32,33). The Labute approximate surface area is 198 Å². The first-order valence-electron chi connectivity index (χ1n) is 12.0. The number of aromatic nitrogens is 2. The van der Waals surface area contributed by atoms with Gasteiger partial charge in [-0.05, 0) is 56.1 Å². The van der Waals surface area contributed by atoms with E-state index in [1.165, 1.54) is 12.8 Å². The number of benzene rings is 1. The minimum atomic E-state index is -0.569. The lowest BCUT2D eigenvalue weighted by Crippen LogP contribution is -2.60. The highest BCUT2D eigenvalue weighted by molar-refractivity contribution is 6.05. The fraction of sp³-hybridized carbons (Fsp3) is 0.480.